The standard InChI is InChI=1S/C22H24FN3O3S2/c1-25(2)12-13-26(16-18-7-3-4-10-20(18)23)22(27)17-8-5-9-19(15-17)24-31(28,29)21-11-6-14-30-21/h3-11,14-15,24H,12-13,16H2,1-2H3. The molecule has 0 saturated carbocycles. The summed E-state index contributed by atoms with van der Waals surface area (Å²) in [6.07, 6.45) is 0. The molecular formula is C22H24FN3O3S2. The highest BCUT2D eigenvalue weighted by atomic mass is 32.2. The molecule has 1 heterocycles. The van der Waals surface area contributed by atoms with Gasteiger partial charge in [-0.3, -0.25) is 9.52 Å². The number of hydrogen-bond donors (Lipinski definition) is 1. The molecule has 3 rings (SSSR count). The zero-order valence-electron chi connectivity index (χ0n) is 17.3. The first-order valence-electron chi connectivity index (χ1n) is 9.60. The number of rotatable bonds is 9. The topological polar surface area (TPSA) is 69.7 Å². The Hall–Kier alpha value is -2.75. The molecule has 164 valence electrons. The molecule has 3 aromatic rings. The largest absolute Gasteiger partial charge is 0.333 e. The molecule has 0 aliphatic rings. The van der Waals surface area contributed by atoms with Gasteiger partial charge < -0.3 is 9.80 Å². The number of nitrogens with zero attached hydrogens (tertiary/aromatic N) is 2. The Labute approximate surface area is 186 Å². The van der Waals surface area contributed by atoms with Crippen molar-refractivity contribution >= 4 is 33.0 Å². The second-order valence-corrected chi connectivity index (χ2v) is 10.1. The van der Waals surface area contributed by atoms with Gasteiger partial charge in [-0.2, -0.15) is 0 Å². The molecule has 0 fully saturated rings. The number of likely N-dealkylation sites (N-methyl/N-ethyl adjacent to an activating group) is 1. The minimum atomic E-state index is -3.72. The summed E-state index contributed by atoms with van der Waals surface area (Å²) in [7, 11) is 0.0682. The van der Waals surface area contributed by atoms with Crippen LogP contribution in [0.15, 0.2) is 70.3 Å². The Bertz CT molecular complexity index is 1130. The van der Waals surface area contributed by atoms with Gasteiger partial charge in [0, 0.05) is 36.4 Å². The summed E-state index contributed by atoms with van der Waals surface area (Å²) in [6.45, 7) is 1.11. The van der Waals surface area contributed by atoms with Crippen LogP contribution < -0.4 is 4.72 Å². The normalized spacial score (nSPS) is 11.5. The summed E-state index contributed by atoms with van der Waals surface area (Å²) < 4.78 is 41.9. The van der Waals surface area contributed by atoms with Crippen LogP contribution in [0.5, 0.6) is 0 Å². The second-order valence-electron chi connectivity index (χ2n) is 7.24. The van der Waals surface area contributed by atoms with Gasteiger partial charge in [0.05, 0.1) is 0 Å². The van der Waals surface area contributed by atoms with Crippen LogP contribution >= 0.6 is 11.3 Å². The van der Waals surface area contributed by atoms with E-state index in [-0.39, 0.29) is 28.2 Å². The van der Waals surface area contributed by atoms with E-state index in [1.54, 1.807) is 52.7 Å². The van der Waals surface area contributed by atoms with E-state index in [1.807, 2.05) is 19.0 Å². The first-order valence-corrected chi connectivity index (χ1v) is 12.0. The fraction of sp³-hybridized carbons (Fsp3) is 0.227. The summed E-state index contributed by atoms with van der Waals surface area (Å²) in [4.78, 5) is 16.7. The van der Waals surface area contributed by atoms with E-state index in [0.717, 1.165) is 11.3 Å². The molecule has 0 spiro atoms. The molecule has 0 aliphatic heterocycles. The van der Waals surface area contributed by atoms with Crippen LogP contribution in [0.25, 0.3) is 0 Å². The molecule has 0 bridgehead atoms. The van der Waals surface area contributed by atoms with Crippen molar-refractivity contribution in [3.63, 3.8) is 0 Å². The average Bonchev–Trinajstić information content (AvgIpc) is 3.28. The van der Waals surface area contributed by atoms with Crippen molar-refractivity contribution in [1.29, 1.82) is 0 Å². The summed E-state index contributed by atoms with van der Waals surface area (Å²) in [6, 6.07) is 15.8. The number of hydrogen-bond acceptors (Lipinski definition) is 5. The molecule has 0 unspecified atom stereocenters. The molecule has 1 aromatic heterocycles. The van der Waals surface area contributed by atoms with E-state index in [9.17, 15) is 17.6 Å². The molecule has 9 heteroatoms. The maximum Gasteiger partial charge on any atom is 0.271 e. The molecule has 0 saturated heterocycles. The number of carbonyl (C=O) groups excluding carboxylic acids is 1. The van der Waals surface area contributed by atoms with Crippen molar-refractivity contribution < 1.29 is 17.6 Å². The number of benzene rings is 2. The predicted octanol–water partition coefficient (Wildman–Crippen LogP) is 3.89. The summed E-state index contributed by atoms with van der Waals surface area (Å²) >= 11 is 1.11. The van der Waals surface area contributed by atoms with Crippen LogP contribution in [0.3, 0.4) is 0 Å². The zero-order valence-corrected chi connectivity index (χ0v) is 18.9. The Balaban J connectivity index is 1.83. The minimum Gasteiger partial charge on any atom is -0.333 e. The highest BCUT2D eigenvalue weighted by Gasteiger charge is 2.20. The van der Waals surface area contributed by atoms with Gasteiger partial charge in [0.15, 0.2) is 0 Å². The summed E-state index contributed by atoms with van der Waals surface area (Å²) in [5.41, 5.74) is 1.03. The summed E-state index contributed by atoms with van der Waals surface area (Å²) in [5, 5.41) is 1.68. The van der Waals surface area contributed by atoms with E-state index < -0.39 is 10.0 Å². The van der Waals surface area contributed by atoms with Crippen LogP contribution in [0.1, 0.15) is 15.9 Å². The van der Waals surface area contributed by atoms with E-state index in [2.05, 4.69) is 4.72 Å². The second kappa shape index (κ2) is 10.0. The summed E-state index contributed by atoms with van der Waals surface area (Å²) in [5.74, 6) is -0.676. The van der Waals surface area contributed by atoms with Gasteiger partial charge >= 0.3 is 0 Å². The number of sulfonamides is 1. The lowest BCUT2D eigenvalue weighted by atomic mass is 10.1. The van der Waals surface area contributed by atoms with E-state index in [1.165, 1.54) is 18.2 Å². The average molecular weight is 462 g/mol. The van der Waals surface area contributed by atoms with Crippen LogP contribution in [0.2, 0.25) is 0 Å². The Morgan fingerprint density at radius 3 is 2.48 bits per heavy atom. The minimum absolute atomic E-state index is 0.116. The van der Waals surface area contributed by atoms with Gasteiger partial charge in [-0.25, -0.2) is 12.8 Å². The number of carbonyl (C=O) groups is 1. The maximum absolute atomic E-state index is 14.2. The Morgan fingerprint density at radius 2 is 1.81 bits per heavy atom. The van der Waals surface area contributed by atoms with Gasteiger partial charge in [-0.05, 0) is 49.8 Å². The molecular weight excluding hydrogens is 437 g/mol. The monoisotopic (exact) mass is 461 g/mol. The third-order valence-corrected chi connectivity index (χ3v) is 7.32. The number of anilines is 1. The molecule has 6 nitrogen and oxygen atoms in total. The van der Waals surface area contributed by atoms with E-state index in [4.69, 9.17) is 0 Å². The molecule has 31 heavy (non-hydrogen) atoms. The van der Waals surface area contributed by atoms with Crippen molar-refractivity contribution in [2.45, 2.75) is 10.8 Å². The lowest BCUT2D eigenvalue weighted by Gasteiger charge is -2.25. The van der Waals surface area contributed by atoms with Gasteiger partial charge in [0.1, 0.15) is 10.0 Å². The van der Waals surface area contributed by atoms with Crippen molar-refractivity contribution in [1.82, 2.24) is 9.80 Å². The highest BCUT2D eigenvalue weighted by Crippen LogP contribution is 2.22. The Kier molecular flexibility index (Phi) is 7.42. The van der Waals surface area contributed by atoms with Gasteiger partial charge in [0.25, 0.3) is 15.9 Å². The number of halogens is 1. The van der Waals surface area contributed by atoms with Crippen LogP contribution in [-0.2, 0) is 16.6 Å². The van der Waals surface area contributed by atoms with Crippen molar-refractivity contribution in [3.05, 3.63) is 83.0 Å². The van der Waals surface area contributed by atoms with Crippen molar-refractivity contribution in [2.75, 3.05) is 31.9 Å². The fourth-order valence-electron chi connectivity index (χ4n) is 2.93. The third-order valence-electron chi connectivity index (χ3n) is 4.55. The zero-order chi connectivity index (χ0) is 22.4. The Morgan fingerprint density at radius 1 is 1.03 bits per heavy atom. The first kappa shape index (κ1) is 22.9. The maximum atomic E-state index is 14.2. The first-order chi connectivity index (χ1) is 14.8. The molecule has 1 N–H and O–H groups in total. The molecule has 0 aliphatic carbocycles. The number of nitrogens with one attached hydrogen (secondary N) is 1. The van der Waals surface area contributed by atoms with Crippen LogP contribution in [-0.4, -0.2) is 51.3 Å². The van der Waals surface area contributed by atoms with Crippen molar-refractivity contribution in [2.24, 2.45) is 0 Å². The molecule has 0 atom stereocenters. The predicted molar refractivity (Wildman–Crippen MR) is 121 cm³/mol. The van der Waals surface area contributed by atoms with Crippen LogP contribution in [0, 0.1) is 5.82 Å². The molecule has 2 aromatic carbocycles. The number of amides is 1. The SMILES string of the molecule is CN(C)CCN(Cc1ccccc1F)C(=O)c1cccc(NS(=O)(=O)c2cccs2)c1. The van der Waals surface area contributed by atoms with Gasteiger partial charge in [-0.1, -0.05) is 30.3 Å². The lowest BCUT2D eigenvalue weighted by molar-refractivity contribution is 0.0730. The van der Waals surface area contributed by atoms with E-state index in [0.29, 0.717) is 24.2 Å². The molecule has 0 radical (unpaired) electrons. The molecule has 1 amide bonds. The number of thiophene rings is 1. The van der Waals surface area contributed by atoms with E-state index >= 15 is 0 Å². The van der Waals surface area contributed by atoms with Crippen LogP contribution in [0.4, 0.5) is 10.1 Å². The van der Waals surface area contributed by atoms with Crippen molar-refractivity contribution in [3.8, 4) is 0 Å². The van der Waals surface area contributed by atoms with Gasteiger partial charge in [-0.15, -0.1) is 11.3 Å². The van der Waals surface area contributed by atoms with Gasteiger partial charge in [0.2, 0.25) is 0 Å². The quantitative estimate of drug-likeness (QED) is 0.525. The third kappa shape index (κ3) is 6.13. The fourth-order valence-corrected chi connectivity index (χ4v) is 4.97. The lowest BCUT2D eigenvalue weighted by Crippen LogP contribution is -2.36. The highest BCUT2D eigenvalue weighted by molar-refractivity contribution is 7.94. The smallest absolute Gasteiger partial charge is 0.271 e.